The van der Waals surface area contributed by atoms with Crippen LogP contribution in [0.15, 0.2) is 36.4 Å². The fraction of sp³-hybridized carbons (Fsp3) is 0.294. The molecular formula is C17H20N2O2. The molecule has 1 atom stereocenters. The third-order valence-corrected chi connectivity index (χ3v) is 3.48. The van der Waals surface area contributed by atoms with Gasteiger partial charge in [-0.05, 0) is 31.9 Å². The number of aromatic nitrogens is 1. The number of hydrogen-bond acceptors (Lipinski definition) is 3. The van der Waals surface area contributed by atoms with Crippen LogP contribution in [0, 0.1) is 13.8 Å². The third kappa shape index (κ3) is 3.40. The van der Waals surface area contributed by atoms with Crippen LogP contribution in [0.25, 0.3) is 0 Å². The average Bonchev–Trinajstić information content (AvgIpc) is 2.44. The fourth-order valence-corrected chi connectivity index (χ4v) is 2.51. The van der Waals surface area contributed by atoms with Crippen LogP contribution < -0.4 is 5.32 Å². The summed E-state index contributed by atoms with van der Waals surface area (Å²) in [6.45, 7) is 5.67. The maximum absolute atomic E-state index is 11.5. The number of aromatic carboxylic acids is 1. The minimum atomic E-state index is -0.953. The summed E-state index contributed by atoms with van der Waals surface area (Å²) in [6, 6.07) is 11.9. The maximum Gasteiger partial charge on any atom is 0.339 e. The zero-order chi connectivity index (χ0) is 15.4. The number of anilines is 1. The molecule has 0 fully saturated rings. The van der Waals surface area contributed by atoms with Crippen molar-refractivity contribution in [1.29, 1.82) is 0 Å². The minimum Gasteiger partial charge on any atom is -0.478 e. The molecule has 1 unspecified atom stereocenters. The lowest BCUT2D eigenvalue weighted by molar-refractivity contribution is 0.0696. The first kappa shape index (κ1) is 15.0. The van der Waals surface area contributed by atoms with Crippen molar-refractivity contribution in [3.63, 3.8) is 0 Å². The smallest absolute Gasteiger partial charge is 0.339 e. The minimum absolute atomic E-state index is 0.0745. The Morgan fingerprint density at radius 1 is 1.29 bits per heavy atom. The van der Waals surface area contributed by atoms with Crippen LogP contribution in [-0.2, 0) is 0 Å². The highest BCUT2D eigenvalue weighted by Gasteiger charge is 2.18. The second-order valence-corrected chi connectivity index (χ2v) is 5.09. The number of nitrogens with zero attached hydrogens (tertiary/aromatic N) is 1. The first-order valence-corrected chi connectivity index (χ1v) is 7.06. The predicted molar refractivity (Wildman–Crippen MR) is 83.8 cm³/mol. The third-order valence-electron chi connectivity index (χ3n) is 3.48. The van der Waals surface area contributed by atoms with Crippen LogP contribution in [-0.4, -0.2) is 16.1 Å². The van der Waals surface area contributed by atoms with E-state index in [4.69, 9.17) is 0 Å². The molecule has 0 spiro atoms. The largest absolute Gasteiger partial charge is 0.478 e. The van der Waals surface area contributed by atoms with Crippen LogP contribution in [0.5, 0.6) is 0 Å². The van der Waals surface area contributed by atoms with Gasteiger partial charge in [0.25, 0.3) is 0 Å². The van der Waals surface area contributed by atoms with Crippen LogP contribution in [0.2, 0.25) is 0 Å². The van der Waals surface area contributed by atoms with Gasteiger partial charge >= 0.3 is 5.97 Å². The first-order chi connectivity index (χ1) is 10.0. The van der Waals surface area contributed by atoms with E-state index in [0.29, 0.717) is 11.4 Å². The molecule has 0 radical (unpaired) electrons. The molecule has 0 saturated heterocycles. The number of carbonyl (C=O) groups is 1. The highest BCUT2D eigenvalue weighted by molar-refractivity contribution is 5.95. The van der Waals surface area contributed by atoms with Gasteiger partial charge < -0.3 is 10.4 Å². The number of benzene rings is 1. The number of carboxylic acids is 1. The van der Waals surface area contributed by atoms with Gasteiger partial charge in [0.05, 0.1) is 17.4 Å². The molecule has 4 heteroatoms. The molecule has 2 aromatic rings. The molecule has 0 amide bonds. The Bertz CT molecular complexity index is 639. The summed E-state index contributed by atoms with van der Waals surface area (Å²) >= 11 is 0. The van der Waals surface area contributed by atoms with E-state index in [1.54, 1.807) is 13.0 Å². The molecule has 0 saturated carbocycles. The van der Waals surface area contributed by atoms with E-state index >= 15 is 0 Å². The van der Waals surface area contributed by atoms with E-state index in [2.05, 4.69) is 17.2 Å². The first-order valence-electron chi connectivity index (χ1n) is 7.06. The summed E-state index contributed by atoms with van der Waals surface area (Å²) in [7, 11) is 0. The quantitative estimate of drug-likeness (QED) is 0.872. The number of aryl methyl sites for hydroxylation is 2. The van der Waals surface area contributed by atoms with Crippen molar-refractivity contribution in [1.82, 2.24) is 4.98 Å². The molecule has 1 heterocycles. The van der Waals surface area contributed by atoms with Crippen LogP contribution in [0.4, 0.5) is 5.69 Å². The number of hydrogen-bond donors (Lipinski definition) is 2. The standard InChI is InChI=1S/C17H20N2O2/c1-4-14(13-8-6-5-7-9-13)19-15-10-11(2)18-12(3)16(15)17(20)21/h5-10,14H,4H2,1-3H3,(H,18,19)(H,20,21). The maximum atomic E-state index is 11.5. The Balaban J connectivity index is 2.40. The second kappa shape index (κ2) is 6.39. The zero-order valence-corrected chi connectivity index (χ0v) is 12.6. The number of carboxylic acid groups (broad SMARTS) is 1. The van der Waals surface area contributed by atoms with Gasteiger partial charge in [0, 0.05) is 5.69 Å². The summed E-state index contributed by atoms with van der Waals surface area (Å²) in [6.07, 6.45) is 0.865. The molecule has 0 aliphatic heterocycles. The molecule has 1 aromatic heterocycles. The van der Waals surface area contributed by atoms with Crippen molar-refractivity contribution in [2.24, 2.45) is 0 Å². The van der Waals surface area contributed by atoms with Gasteiger partial charge in [-0.1, -0.05) is 37.3 Å². The molecular weight excluding hydrogens is 264 g/mol. The van der Waals surface area contributed by atoms with E-state index in [1.807, 2.05) is 37.3 Å². The van der Waals surface area contributed by atoms with Crippen LogP contribution in [0.3, 0.4) is 0 Å². The zero-order valence-electron chi connectivity index (χ0n) is 12.6. The molecule has 0 aliphatic rings. The molecule has 2 rings (SSSR count). The van der Waals surface area contributed by atoms with Crippen molar-refractivity contribution in [2.45, 2.75) is 33.2 Å². The summed E-state index contributed by atoms with van der Waals surface area (Å²) in [5.41, 5.74) is 3.36. The van der Waals surface area contributed by atoms with Gasteiger partial charge in [-0.25, -0.2) is 4.79 Å². The van der Waals surface area contributed by atoms with Gasteiger partial charge in [0.1, 0.15) is 5.56 Å². The Morgan fingerprint density at radius 2 is 1.95 bits per heavy atom. The molecule has 1 aromatic carbocycles. The SMILES string of the molecule is CCC(Nc1cc(C)nc(C)c1C(=O)O)c1ccccc1. The molecule has 21 heavy (non-hydrogen) atoms. The number of pyridine rings is 1. The van der Waals surface area contributed by atoms with Gasteiger partial charge in [0.15, 0.2) is 0 Å². The van der Waals surface area contributed by atoms with Gasteiger partial charge in [-0.2, -0.15) is 0 Å². The van der Waals surface area contributed by atoms with E-state index < -0.39 is 5.97 Å². The molecule has 110 valence electrons. The van der Waals surface area contributed by atoms with Crippen LogP contribution in [0.1, 0.15) is 46.7 Å². The van der Waals surface area contributed by atoms with Crippen molar-refractivity contribution < 1.29 is 9.90 Å². The van der Waals surface area contributed by atoms with Crippen molar-refractivity contribution in [3.8, 4) is 0 Å². The molecule has 0 aliphatic carbocycles. The fourth-order valence-electron chi connectivity index (χ4n) is 2.51. The van der Waals surface area contributed by atoms with Crippen molar-refractivity contribution in [2.75, 3.05) is 5.32 Å². The lowest BCUT2D eigenvalue weighted by Gasteiger charge is -2.21. The topological polar surface area (TPSA) is 62.2 Å². The Kier molecular flexibility index (Phi) is 4.58. The highest BCUT2D eigenvalue weighted by Crippen LogP contribution is 2.27. The molecule has 0 bridgehead atoms. The van der Waals surface area contributed by atoms with E-state index in [1.165, 1.54) is 0 Å². The Labute approximate surface area is 124 Å². The normalized spacial score (nSPS) is 12.0. The summed E-state index contributed by atoms with van der Waals surface area (Å²) in [4.78, 5) is 15.7. The summed E-state index contributed by atoms with van der Waals surface area (Å²) < 4.78 is 0. The second-order valence-electron chi connectivity index (χ2n) is 5.09. The Morgan fingerprint density at radius 3 is 2.52 bits per heavy atom. The van der Waals surface area contributed by atoms with Gasteiger partial charge in [-0.3, -0.25) is 4.98 Å². The van der Waals surface area contributed by atoms with Gasteiger partial charge in [-0.15, -0.1) is 0 Å². The van der Waals surface area contributed by atoms with E-state index in [-0.39, 0.29) is 11.6 Å². The van der Waals surface area contributed by atoms with Gasteiger partial charge in [0.2, 0.25) is 0 Å². The Hall–Kier alpha value is -2.36. The van der Waals surface area contributed by atoms with Crippen molar-refractivity contribution in [3.05, 3.63) is 58.9 Å². The molecule has 2 N–H and O–H groups in total. The van der Waals surface area contributed by atoms with Crippen molar-refractivity contribution >= 4 is 11.7 Å². The summed E-state index contributed by atoms with van der Waals surface area (Å²) in [5, 5.41) is 12.8. The van der Waals surface area contributed by atoms with E-state index in [9.17, 15) is 9.90 Å². The lowest BCUT2D eigenvalue weighted by Crippen LogP contribution is -2.15. The van der Waals surface area contributed by atoms with E-state index in [0.717, 1.165) is 17.7 Å². The monoisotopic (exact) mass is 284 g/mol. The number of nitrogens with one attached hydrogen (secondary N) is 1. The van der Waals surface area contributed by atoms with Crippen LogP contribution >= 0.6 is 0 Å². The summed E-state index contributed by atoms with van der Waals surface area (Å²) in [5.74, 6) is -0.953. The average molecular weight is 284 g/mol. The number of rotatable bonds is 5. The molecule has 4 nitrogen and oxygen atoms in total. The highest BCUT2D eigenvalue weighted by atomic mass is 16.4. The predicted octanol–water partition coefficient (Wildman–Crippen LogP) is 3.96. The lowest BCUT2D eigenvalue weighted by atomic mass is 10.0.